The summed E-state index contributed by atoms with van der Waals surface area (Å²) in [6.45, 7) is 3.56. The Balaban J connectivity index is 1.78. The summed E-state index contributed by atoms with van der Waals surface area (Å²) in [6, 6.07) is 8.67. The van der Waals surface area contributed by atoms with E-state index in [1.54, 1.807) is 0 Å². The zero-order chi connectivity index (χ0) is 12.8. The molecule has 0 radical (unpaired) electrons. The first-order valence-corrected chi connectivity index (χ1v) is 6.91. The number of aliphatic hydroxyl groups excluding tert-OH is 1. The van der Waals surface area contributed by atoms with E-state index in [0.717, 1.165) is 31.6 Å². The molecule has 1 aromatic carbocycles. The molecule has 1 aromatic rings. The number of benzene rings is 1. The molecule has 100 valence electrons. The fraction of sp³-hybridized carbons (Fsp3) is 0.600. The van der Waals surface area contributed by atoms with Crippen molar-refractivity contribution in [1.82, 2.24) is 5.32 Å². The maximum Gasteiger partial charge on any atom is 0.119 e. The van der Waals surface area contributed by atoms with E-state index in [1.807, 2.05) is 19.1 Å². The Bertz CT molecular complexity index is 350. The minimum Gasteiger partial charge on any atom is -0.494 e. The lowest BCUT2D eigenvalue weighted by atomic mass is 9.93. The maximum absolute atomic E-state index is 9.62. The van der Waals surface area contributed by atoms with Gasteiger partial charge in [-0.3, -0.25) is 0 Å². The normalized spacial score (nSPS) is 23.9. The monoisotopic (exact) mass is 249 g/mol. The predicted molar refractivity (Wildman–Crippen MR) is 72.7 cm³/mol. The third-order valence-corrected chi connectivity index (χ3v) is 3.48. The van der Waals surface area contributed by atoms with Gasteiger partial charge in [-0.2, -0.15) is 0 Å². The van der Waals surface area contributed by atoms with Crippen LogP contribution in [0.25, 0.3) is 0 Å². The average Bonchev–Trinajstić information content (AvgIpc) is 2.38. The molecule has 1 fully saturated rings. The largest absolute Gasteiger partial charge is 0.494 e. The van der Waals surface area contributed by atoms with Gasteiger partial charge in [-0.25, -0.2) is 0 Å². The molecule has 1 aliphatic rings. The van der Waals surface area contributed by atoms with Gasteiger partial charge in [0.05, 0.1) is 12.7 Å². The maximum atomic E-state index is 9.62. The van der Waals surface area contributed by atoms with Gasteiger partial charge in [-0.05, 0) is 50.3 Å². The minimum atomic E-state index is -0.114. The van der Waals surface area contributed by atoms with E-state index in [-0.39, 0.29) is 6.10 Å². The number of ether oxygens (including phenoxy) is 1. The van der Waals surface area contributed by atoms with E-state index in [9.17, 15) is 5.11 Å². The van der Waals surface area contributed by atoms with Crippen LogP contribution >= 0.6 is 0 Å². The first-order chi connectivity index (χ1) is 8.78. The molecular weight excluding hydrogens is 226 g/mol. The van der Waals surface area contributed by atoms with Crippen molar-refractivity contribution in [2.75, 3.05) is 6.61 Å². The molecule has 0 amide bonds. The van der Waals surface area contributed by atoms with E-state index < -0.39 is 0 Å². The summed E-state index contributed by atoms with van der Waals surface area (Å²) >= 11 is 0. The van der Waals surface area contributed by atoms with Crippen molar-refractivity contribution < 1.29 is 9.84 Å². The van der Waals surface area contributed by atoms with Crippen molar-refractivity contribution in [3.8, 4) is 5.75 Å². The van der Waals surface area contributed by atoms with Crippen molar-refractivity contribution in [2.45, 2.75) is 51.3 Å². The van der Waals surface area contributed by atoms with Crippen LogP contribution in [0.2, 0.25) is 0 Å². The number of nitrogens with one attached hydrogen (secondary N) is 1. The number of hydrogen-bond acceptors (Lipinski definition) is 3. The van der Waals surface area contributed by atoms with E-state index in [0.29, 0.717) is 12.6 Å². The number of rotatable bonds is 5. The van der Waals surface area contributed by atoms with Crippen LogP contribution < -0.4 is 10.1 Å². The molecular formula is C15H23NO2. The number of hydrogen-bond donors (Lipinski definition) is 2. The van der Waals surface area contributed by atoms with E-state index in [4.69, 9.17) is 4.74 Å². The molecule has 2 atom stereocenters. The molecule has 1 aliphatic carbocycles. The second-order valence-electron chi connectivity index (χ2n) is 4.98. The van der Waals surface area contributed by atoms with Gasteiger partial charge < -0.3 is 15.2 Å². The third-order valence-electron chi connectivity index (χ3n) is 3.48. The Hall–Kier alpha value is -1.06. The van der Waals surface area contributed by atoms with Crippen molar-refractivity contribution in [3.63, 3.8) is 0 Å². The van der Waals surface area contributed by atoms with Gasteiger partial charge in [0.2, 0.25) is 0 Å². The zero-order valence-corrected chi connectivity index (χ0v) is 11.1. The van der Waals surface area contributed by atoms with Crippen molar-refractivity contribution >= 4 is 0 Å². The molecule has 3 nitrogen and oxygen atoms in total. The molecule has 0 bridgehead atoms. The molecule has 2 rings (SSSR count). The summed E-state index contributed by atoms with van der Waals surface area (Å²) in [4.78, 5) is 0. The van der Waals surface area contributed by atoms with Crippen LogP contribution in [-0.4, -0.2) is 23.9 Å². The second-order valence-corrected chi connectivity index (χ2v) is 4.98. The van der Waals surface area contributed by atoms with Gasteiger partial charge in [0, 0.05) is 12.6 Å². The van der Waals surface area contributed by atoms with Gasteiger partial charge >= 0.3 is 0 Å². The Morgan fingerprint density at radius 2 is 2.06 bits per heavy atom. The average molecular weight is 249 g/mol. The van der Waals surface area contributed by atoms with Gasteiger partial charge in [-0.15, -0.1) is 0 Å². The molecule has 0 saturated heterocycles. The van der Waals surface area contributed by atoms with Crippen molar-refractivity contribution in [3.05, 3.63) is 29.8 Å². The van der Waals surface area contributed by atoms with Gasteiger partial charge in [0.1, 0.15) is 5.75 Å². The summed E-state index contributed by atoms with van der Waals surface area (Å²) in [5.41, 5.74) is 1.26. The summed E-state index contributed by atoms with van der Waals surface area (Å²) in [5, 5.41) is 13.1. The SMILES string of the molecule is CCOc1ccc(CNC2CCCC(O)C2)cc1. The van der Waals surface area contributed by atoms with Crippen LogP contribution in [0.15, 0.2) is 24.3 Å². The molecule has 1 saturated carbocycles. The molecule has 2 N–H and O–H groups in total. The van der Waals surface area contributed by atoms with Crippen molar-refractivity contribution in [2.24, 2.45) is 0 Å². The summed E-state index contributed by atoms with van der Waals surface area (Å²) in [7, 11) is 0. The lowest BCUT2D eigenvalue weighted by Gasteiger charge is -2.26. The fourth-order valence-electron chi connectivity index (χ4n) is 2.48. The van der Waals surface area contributed by atoms with Crippen LogP contribution in [0.1, 0.15) is 38.2 Å². The molecule has 2 unspecified atom stereocenters. The Morgan fingerprint density at radius 1 is 1.28 bits per heavy atom. The third kappa shape index (κ3) is 4.00. The molecule has 0 spiro atoms. The Kier molecular flexibility index (Phi) is 5.02. The van der Waals surface area contributed by atoms with Gasteiger partial charge in [0.15, 0.2) is 0 Å². The highest BCUT2D eigenvalue weighted by Crippen LogP contribution is 2.19. The van der Waals surface area contributed by atoms with E-state index in [1.165, 1.54) is 12.0 Å². The number of aliphatic hydroxyl groups is 1. The summed E-state index contributed by atoms with van der Waals surface area (Å²) in [6.07, 6.45) is 4.03. The minimum absolute atomic E-state index is 0.114. The van der Waals surface area contributed by atoms with Crippen molar-refractivity contribution in [1.29, 1.82) is 0 Å². The molecule has 18 heavy (non-hydrogen) atoms. The van der Waals surface area contributed by atoms with Gasteiger partial charge in [0.25, 0.3) is 0 Å². The van der Waals surface area contributed by atoms with E-state index >= 15 is 0 Å². The van der Waals surface area contributed by atoms with E-state index in [2.05, 4.69) is 17.4 Å². The highest BCUT2D eigenvalue weighted by atomic mass is 16.5. The second kappa shape index (κ2) is 6.76. The van der Waals surface area contributed by atoms with Crippen LogP contribution in [0.3, 0.4) is 0 Å². The topological polar surface area (TPSA) is 41.5 Å². The van der Waals surface area contributed by atoms with Crippen LogP contribution in [0, 0.1) is 0 Å². The highest BCUT2D eigenvalue weighted by Gasteiger charge is 2.19. The quantitative estimate of drug-likeness (QED) is 0.842. The lowest BCUT2D eigenvalue weighted by Crippen LogP contribution is -2.35. The predicted octanol–water partition coefficient (Wildman–Crippen LogP) is 2.48. The molecule has 3 heteroatoms. The van der Waals surface area contributed by atoms with Crippen LogP contribution in [-0.2, 0) is 6.54 Å². The first-order valence-electron chi connectivity index (χ1n) is 6.91. The first kappa shape index (κ1) is 13.4. The summed E-state index contributed by atoms with van der Waals surface area (Å²) in [5.74, 6) is 0.925. The van der Waals surface area contributed by atoms with Crippen LogP contribution in [0.4, 0.5) is 0 Å². The molecule has 0 aromatic heterocycles. The highest BCUT2D eigenvalue weighted by molar-refractivity contribution is 5.27. The van der Waals surface area contributed by atoms with Gasteiger partial charge in [-0.1, -0.05) is 12.1 Å². The smallest absolute Gasteiger partial charge is 0.119 e. The Morgan fingerprint density at radius 3 is 2.72 bits per heavy atom. The lowest BCUT2D eigenvalue weighted by molar-refractivity contribution is 0.111. The zero-order valence-electron chi connectivity index (χ0n) is 11.1. The molecule has 0 heterocycles. The molecule has 0 aliphatic heterocycles. The fourth-order valence-corrected chi connectivity index (χ4v) is 2.48. The summed E-state index contributed by atoms with van der Waals surface area (Å²) < 4.78 is 5.42. The Labute approximate surface area is 109 Å². The van der Waals surface area contributed by atoms with Crippen LogP contribution in [0.5, 0.6) is 5.75 Å². The standard InChI is InChI=1S/C15H23NO2/c1-2-18-15-8-6-12(7-9-15)11-16-13-4-3-5-14(17)10-13/h6-9,13-14,16-17H,2-5,10-11H2,1H3.